The van der Waals surface area contributed by atoms with E-state index in [1.807, 2.05) is 18.2 Å². The number of ether oxygens (including phenoxy) is 1. The first-order valence-electron chi connectivity index (χ1n) is 7.90. The molecule has 6 heteroatoms. The summed E-state index contributed by atoms with van der Waals surface area (Å²) in [6, 6.07) is 14.0. The molecule has 122 valence electrons. The Morgan fingerprint density at radius 2 is 1.79 bits per heavy atom. The van der Waals surface area contributed by atoms with E-state index in [9.17, 15) is 0 Å². The molecule has 0 atom stereocenters. The maximum Gasteiger partial charge on any atom is 0.141 e. The Bertz CT molecular complexity index is 847. The lowest BCUT2D eigenvalue weighted by Crippen LogP contribution is -2.36. The van der Waals surface area contributed by atoms with E-state index < -0.39 is 0 Å². The smallest absolute Gasteiger partial charge is 0.141 e. The van der Waals surface area contributed by atoms with E-state index in [0.29, 0.717) is 5.02 Å². The van der Waals surface area contributed by atoms with E-state index in [4.69, 9.17) is 16.3 Å². The minimum absolute atomic E-state index is 0.669. The normalized spacial score (nSPS) is 14.8. The van der Waals surface area contributed by atoms with Gasteiger partial charge in [0.2, 0.25) is 0 Å². The number of anilines is 3. The number of nitrogens with one attached hydrogen (secondary N) is 1. The Kier molecular flexibility index (Phi) is 4.19. The first-order valence-corrected chi connectivity index (χ1v) is 8.27. The summed E-state index contributed by atoms with van der Waals surface area (Å²) >= 11 is 6.10. The van der Waals surface area contributed by atoms with Crippen molar-refractivity contribution in [2.75, 3.05) is 36.5 Å². The second-order valence-corrected chi connectivity index (χ2v) is 6.09. The summed E-state index contributed by atoms with van der Waals surface area (Å²) in [5, 5.41) is 4.93. The molecule has 5 nitrogen and oxygen atoms in total. The van der Waals surface area contributed by atoms with Crippen LogP contribution in [-0.4, -0.2) is 36.3 Å². The zero-order chi connectivity index (χ0) is 16.4. The van der Waals surface area contributed by atoms with Crippen molar-refractivity contribution in [3.05, 3.63) is 53.8 Å². The summed E-state index contributed by atoms with van der Waals surface area (Å²) in [5.74, 6) is 0.752. The summed E-state index contributed by atoms with van der Waals surface area (Å²) in [7, 11) is 0. The van der Waals surface area contributed by atoms with Gasteiger partial charge in [0.25, 0.3) is 0 Å². The van der Waals surface area contributed by atoms with Crippen LogP contribution in [0.15, 0.2) is 48.8 Å². The van der Waals surface area contributed by atoms with Crippen LogP contribution >= 0.6 is 11.6 Å². The van der Waals surface area contributed by atoms with E-state index in [1.165, 1.54) is 5.69 Å². The van der Waals surface area contributed by atoms with Crippen molar-refractivity contribution in [1.82, 2.24) is 9.97 Å². The van der Waals surface area contributed by atoms with Crippen LogP contribution in [-0.2, 0) is 4.74 Å². The number of rotatable bonds is 3. The Balaban J connectivity index is 1.58. The summed E-state index contributed by atoms with van der Waals surface area (Å²) in [6.45, 7) is 3.44. The molecule has 1 aliphatic rings. The molecule has 0 spiro atoms. The van der Waals surface area contributed by atoms with Crippen molar-refractivity contribution in [3.63, 3.8) is 0 Å². The topological polar surface area (TPSA) is 50.3 Å². The van der Waals surface area contributed by atoms with Gasteiger partial charge < -0.3 is 15.0 Å². The minimum atomic E-state index is 0.669. The largest absolute Gasteiger partial charge is 0.378 e. The number of fused-ring (bicyclic) bond motifs is 1. The van der Waals surface area contributed by atoms with Crippen LogP contribution in [0.4, 0.5) is 17.2 Å². The first-order chi connectivity index (χ1) is 11.8. The van der Waals surface area contributed by atoms with Gasteiger partial charge in [-0.25, -0.2) is 9.97 Å². The number of benzene rings is 2. The van der Waals surface area contributed by atoms with E-state index in [0.717, 1.165) is 48.7 Å². The zero-order valence-corrected chi connectivity index (χ0v) is 13.8. The van der Waals surface area contributed by atoms with Crippen molar-refractivity contribution in [3.8, 4) is 0 Å². The molecule has 1 N–H and O–H groups in total. The number of nitrogens with zero attached hydrogens (tertiary/aromatic N) is 3. The van der Waals surface area contributed by atoms with Gasteiger partial charge in [-0.15, -0.1) is 0 Å². The van der Waals surface area contributed by atoms with Crippen molar-refractivity contribution in [2.45, 2.75) is 0 Å². The molecule has 1 fully saturated rings. The number of halogens is 1. The molecule has 2 heterocycles. The van der Waals surface area contributed by atoms with Crippen LogP contribution in [0, 0.1) is 0 Å². The van der Waals surface area contributed by atoms with Gasteiger partial charge in [-0.1, -0.05) is 11.6 Å². The zero-order valence-electron chi connectivity index (χ0n) is 13.1. The Labute approximate surface area is 145 Å². The standard InChI is InChI=1S/C18H17ClN4O/c19-13-1-6-17-16(11-13)18(21-12-20-17)22-14-2-4-15(5-3-14)23-7-9-24-10-8-23/h1-6,11-12H,7-10H2,(H,20,21,22). The van der Waals surface area contributed by atoms with Crippen LogP contribution in [0.1, 0.15) is 0 Å². The molecule has 4 rings (SSSR count). The highest BCUT2D eigenvalue weighted by atomic mass is 35.5. The van der Waals surface area contributed by atoms with E-state index in [1.54, 1.807) is 6.33 Å². The summed E-state index contributed by atoms with van der Waals surface area (Å²) in [4.78, 5) is 10.9. The first kappa shape index (κ1) is 15.2. The fraction of sp³-hybridized carbons (Fsp3) is 0.222. The molecule has 24 heavy (non-hydrogen) atoms. The molecule has 2 aromatic carbocycles. The van der Waals surface area contributed by atoms with Crippen LogP contribution < -0.4 is 10.2 Å². The van der Waals surface area contributed by atoms with Gasteiger partial charge in [0.05, 0.1) is 18.7 Å². The molecule has 0 amide bonds. The van der Waals surface area contributed by atoms with E-state index >= 15 is 0 Å². The second kappa shape index (κ2) is 6.63. The van der Waals surface area contributed by atoms with Gasteiger partial charge in [-0.3, -0.25) is 0 Å². The highest BCUT2D eigenvalue weighted by Crippen LogP contribution is 2.27. The molecule has 0 unspecified atom stereocenters. The number of hydrogen-bond acceptors (Lipinski definition) is 5. The van der Waals surface area contributed by atoms with Gasteiger partial charge in [-0.05, 0) is 42.5 Å². The third-order valence-electron chi connectivity index (χ3n) is 4.10. The predicted octanol–water partition coefficient (Wildman–Crippen LogP) is 3.86. The van der Waals surface area contributed by atoms with Crippen molar-refractivity contribution < 1.29 is 4.74 Å². The lowest BCUT2D eigenvalue weighted by atomic mass is 10.2. The predicted molar refractivity (Wildman–Crippen MR) is 97.3 cm³/mol. The molecule has 3 aromatic rings. The van der Waals surface area contributed by atoms with Crippen molar-refractivity contribution in [2.24, 2.45) is 0 Å². The lowest BCUT2D eigenvalue weighted by molar-refractivity contribution is 0.122. The summed E-state index contributed by atoms with van der Waals surface area (Å²) in [5.41, 5.74) is 3.05. The molecule has 0 bridgehead atoms. The molecule has 1 aromatic heterocycles. The lowest BCUT2D eigenvalue weighted by Gasteiger charge is -2.28. The summed E-state index contributed by atoms with van der Waals surface area (Å²) < 4.78 is 5.40. The third-order valence-corrected chi connectivity index (χ3v) is 4.34. The van der Waals surface area contributed by atoms with Crippen molar-refractivity contribution in [1.29, 1.82) is 0 Å². The van der Waals surface area contributed by atoms with Gasteiger partial charge in [0.15, 0.2) is 0 Å². The highest BCUT2D eigenvalue weighted by Gasteiger charge is 2.11. The molecule has 0 aliphatic carbocycles. The quantitative estimate of drug-likeness (QED) is 0.784. The number of aromatic nitrogens is 2. The van der Waals surface area contributed by atoms with Crippen LogP contribution in [0.3, 0.4) is 0 Å². The van der Waals surface area contributed by atoms with Crippen LogP contribution in [0.2, 0.25) is 5.02 Å². The van der Waals surface area contributed by atoms with E-state index in [-0.39, 0.29) is 0 Å². The maximum absolute atomic E-state index is 6.10. The van der Waals surface area contributed by atoms with Gasteiger partial charge in [-0.2, -0.15) is 0 Å². The molecule has 0 radical (unpaired) electrons. The van der Waals surface area contributed by atoms with E-state index in [2.05, 4.69) is 44.5 Å². The van der Waals surface area contributed by atoms with Gasteiger partial charge in [0, 0.05) is 34.9 Å². The SMILES string of the molecule is Clc1ccc2ncnc(Nc3ccc(N4CCOCC4)cc3)c2c1. The van der Waals surface area contributed by atoms with Crippen LogP contribution in [0.5, 0.6) is 0 Å². The minimum Gasteiger partial charge on any atom is -0.378 e. The molecule has 1 aliphatic heterocycles. The van der Waals surface area contributed by atoms with Crippen molar-refractivity contribution >= 4 is 39.7 Å². The summed E-state index contributed by atoms with van der Waals surface area (Å²) in [6.07, 6.45) is 1.56. The second-order valence-electron chi connectivity index (χ2n) is 5.66. The van der Waals surface area contributed by atoms with Gasteiger partial charge in [0.1, 0.15) is 12.1 Å². The fourth-order valence-corrected chi connectivity index (χ4v) is 3.01. The Morgan fingerprint density at radius 3 is 2.58 bits per heavy atom. The van der Waals surface area contributed by atoms with Crippen LogP contribution in [0.25, 0.3) is 10.9 Å². The average molecular weight is 341 g/mol. The van der Waals surface area contributed by atoms with Gasteiger partial charge >= 0.3 is 0 Å². The maximum atomic E-state index is 6.10. The molecular weight excluding hydrogens is 324 g/mol. The highest BCUT2D eigenvalue weighted by molar-refractivity contribution is 6.31. The number of hydrogen-bond donors (Lipinski definition) is 1. The number of morpholine rings is 1. The third kappa shape index (κ3) is 3.13. The fourth-order valence-electron chi connectivity index (χ4n) is 2.84. The molecule has 1 saturated heterocycles. The molecular formula is C18H17ClN4O. The molecule has 0 saturated carbocycles. The Hall–Kier alpha value is -2.37. The Morgan fingerprint density at radius 1 is 1.00 bits per heavy atom. The monoisotopic (exact) mass is 340 g/mol. The average Bonchev–Trinajstić information content (AvgIpc) is 2.64.